The summed E-state index contributed by atoms with van der Waals surface area (Å²) < 4.78 is 5.22. The summed E-state index contributed by atoms with van der Waals surface area (Å²) in [7, 11) is 1.64. The summed E-state index contributed by atoms with van der Waals surface area (Å²) >= 11 is 0. The molecule has 2 aliphatic rings. The van der Waals surface area contributed by atoms with Crippen molar-refractivity contribution in [1.82, 2.24) is 9.97 Å². The molecule has 0 amide bonds. The lowest BCUT2D eigenvalue weighted by atomic mass is 10.2. The number of anilines is 2. The van der Waals surface area contributed by atoms with Gasteiger partial charge < -0.3 is 15.0 Å². The molecule has 0 aliphatic carbocycles. The minimum Gasteiger partial charge on any atom is -0.479 e. The van der Waals surface area contributed by atoms with E-state index in [9.17, 15) is 0 Å². The summed E-state index contributed by atoms with van der Waals surface area (Å²) in [5.74, 6) is 1.64. The molecule has 1 saturated heterocycles. The van der Waals surface area contributed by atoms with Crippen LogP contribution < -0.4 is 15.0 Å². The minimum atomic E-state index is 0.595. The Bertz CT molecular complexity index is 382. The second-order valence-corrected chi connectivity index (χ2v) is 3.95. The Morgan fingerprint density at radius 2 is 2.47 bits per heavy atom. The topological polar surface area (TPSA) is 50.3 Å². The zero-order valence-corrected chi connectivity index (χ0v) is 8.73. The van der Waals surface area contributed by atoms with Gasteiger partial charge in [0.05, 0.1) is 7.11 Å². The van der Waals surface area contributed by atoms with E-state index in [1.807, 2.05) is 0 Å². The van der Waals surface area contributed by atoms with Crippen LogP contribution in [-0.4, -0.2) is 36.2 Å². The van der Waals surface area contributed by atoms with Crippen molar-refractivity contribution in [3.05, 3.63) is 6.33 Å². The van der Waals surface area contributed by atoms with Crippen LogP contribution in [0, 0.1) is 0 Å². The second kappa shape index (κ2) is 3.25. The van der Waals surface area contributed by atoms with Crippen LogP contribution in [0.4, 0.5) is 11.5 Å². The smallest absolute Gasteiger partial charge is 0.242 e. The molecule has 15 heavy (non-hydrogen) atoms. The molecule has 0 bridgehead atoms. The fraction of sp³-hybridized carbons (Fsp3) is 0.600. The lowest BCUT2D eigenvalue weighted by Crippen LogP contribution is -2.40. The monoisotopic (exact) mass is 206 g/mol. The van der Waals surface area contributed by atoms with Gasteiger partial charge in [0, 0.05) is 19.1 Å². The molecule has 0 radical (unpaired) electrons. The summed E-state index contributed by atoms with van der Waals surface area (Å²) in [5, 5.41) is 3.36. The molecule has 1 N–H and O–H groups in total. The van der Waals surface area contributed by atoms with Crippen molar-refractivity contribution in [2.75, 3.05) is 30.4 Å². The van der Waals surface area contributed by atoms with Gasteiger partial charge in [0.25, 0.3) is 0 Å². The Morgan fingerprint density at radius 1 is 1.53 bits per heavy atom. The fourth-order valence-corrected chi connectivity index (χ4v) is 2.43. The van der Waals surface area contributed by atoms with Gasteiger partial charge in [-0.15, -0.1) is 0 Å². The van der Waals surface area contributed by atoms with E-state index in [4.69, 9.17) is 4.74 Å². The van der Waals surface area contributed by atoms with Crippen LogP contribution in [0.5, 0.6) is 5.88 Å². The molecule has 3 heterocycles. The van der Waals surface area contributed by atoms with Gasteiger partial charge in [-0.25, -0.2) is 4.98 Å². The average molecular weight is 206 g/mol. The third-order valence-electron chi connectivity index (χ3n) is 3.15. The number of fused-ring (bicyclic) bond motifs is 3. The molecule has 5 nitrogen and oxygen atoms in total. The third kappa shape index (κ3) is 1.22. The van der Waals surface area contributed by atoms with Crippen molar-refractivity contribution < 1.29 is 4.74 Å². The highest BCUT2D eigenvalue weighted by Crippen LogP contribution is 2.38. The van der Waals surface area contributed by atoms with Gasteiger partial charge in [-0.2, -0.15) is 4.98 Å². The first-order valence-corrected chi connectivity index (χ1v) is 5.29. The molecule has 1 fully saturated rings. The average Bonchev–Trinajstić information content (AvgIpc) is 2.76. The van der Waals surface area contributed by atoms with Gasteiger partial charge in [0.2, 0.25) is 5.88 Å². The van der Waals surface area contributed by atoms with Crippen molar-refractivity contribution in [2.45, 2.75) is 18.9 Å². The molecule has 0 saturated carbocycles. The van der Waals surface area contributed by atoms with E-state index in [-0.39, 0.29) is 0 Å². The second-order valence-electron chi connectivity index (χ2n) is 3.95. The summed E-state index contributed by atoms with van der Waals surface area (Å²) in [6.45, 7) is 2.07. The van der Waals surface area contributed by atoms with E-state index in [1.165, 1.54) is 12.8 Å². The minimum absolute atomic E-state index is 0.595. The van der Waals surface area contributed by atoms with Crippen molar-refractivity contribution in [2.24, 2.45) is 0 Å². The number of hydrogen-bond donors (Lipinski definition) is 1. The number of aromatic nitrogens is 2. The number of nitrogens with zero attached hydrogens (tertiary/aromatic N) is 3. The molecule has 5 heteroatoms. The molecule has 1 aromatic heterocycles. The molecule has 80 valence electrons. The highest BCUT2D eigenvalue weighted by Gasteiger charge is 2.32. The quantitative estimate of drug-likeness (QED) is 0.739. The first kappa shape index (κ1) is 8.76. The Hall–Kier alpha value is -1.52. The van der Waals surface area contributed by atoms with E-state index < -0.39 is 0 Å². The maximum absolute atomic E-state index is 5.22. The zero-order valence-electron chi connectivity index (χ0n) is 8.73. The summed E-state index contributed by atoms with van der Waals surface area (Å²) in [6, 6.07) is 0.595. The zero-order chi connectivity index (χ0) is 10.3. The standard InChI is InChI=1S/C10H14N4O/c1-15-10-8-9(12-6-13-10)14-4-2-3-7(14)5-11-8/h6-7,11H,2-5H2,1H3. The summed E-state index contributed by atoms with van der Waals surface area (Å²) in [5.41, 5.74) is 0.943. The Balaban J connectivity index is 2.07. The Labute approximate surface area is 88.5 Å². The fourth-order valence-electron chi connectivity index (χ4n) is 2.43. The number of hydrogen-bond acceptors (Lipinski definition) is 5. The third-order valence-corrected chi connectivity index (χ3v) is 3.15. The van der Waals surface area contributed by atoms with Gasteiger partial charge in [0.15, 0.2) is 5.82 Å². The van der Waals surface area contributed by atoms with Crippen LogP contribution in [0.2, 0.25) is 0 Å². The summed E-state index contributed by atoms with van der Waals surface area (Å²) in [4.78, 5) is 10.8. The Morgan fingerprint density at radius 3 is 3.33 bits per heavy atom. The van der Waals surface area contributed by atoms with Gasteiger partial charge in [0.1, 0.15) is 12.0 Å². The molecule has 0 aromatic carbocycles. The predicted molar refractivity (Wildman–Crippen MR) is 57.4 cm³/mol. The van der Waals surface area contributed by atoms with Crippen LogP contribution >= 0.6 is 0 Å². The first-order valence-electron chi connectivity index (χ1n) is 5.29. The van der Waals surface area contributed by atoms with Gasteiger partial charge in [-0.05, 0) is 12.8 Å². The molecular formula is C10H14N4O. The van der Waals surface area contributed by atoms with E-state index in [0.29, 0.717) is 11.9 Å². The lowest BCUT2D eigenvalue weighted by molar-refractivity contribution is 0.397. The molecule has 3 rings (SSSR count). The van der Waals surface area contributed by atoms with Crippen LogP contribution in [0.1, 0.15) is 12.8 Å². The van der Waals surface area contributed by atoms with E-state index in [2.05, 4.69) is 20.2 Å². The van der Waals surface area contributed by atoms with Gasteiger partial charge in [-0.3, -0.25) is 0 Å². The van der Waals surface area contributed by atoms with Crippen LogP contribution in [0.15, 0.2) is 6.33 Å². The van der Waals surface area contributed by atoms with Crippen molar-refractivity contribution in [1.29, 1.82) is 0 Å². The number of methoxy groups -OCH3 is 1. The lowest BCUT2D eigenvalue weighted by Gasteiger charge is -2.33. The molecule has 0 spiro atoms. The van der Waals surface area contributed by atoms with Crippen molar-refractivity contribution >= 4 is 11.5 Å². The van der Waals surface area contributed by atoms with Crippen molar-refractivity contribution in [3.8, 4) is 5.88 Å². The normalized spacial score (nSPS) is 23.0. The SMILES string of the molecule is COc1ncnc2c1NCC1CCCN21. The maximum Gasteiger partial charge on any atom is 0.242 e. The molecule has 1 unspecified atom stereocenters. The van der Waals surface area contributed by atoms with Gasteiger partial charge >= 0.3 is 0 Å². The van der Waals surface area contributed by atoms with E-state index in [0.717, 1.165) is 24.6 Å². The number of ether oxygens (including phenoxy) is 1. The molecule has 1 atom stereocenters. The van der Waals surface area contributed by atoms with E-state index >= 15 is 0 Å². The molecule has 2 aliphatic heterocycles. The number of rotatable bonds is 1. The van der Waals surface area contributed by atoms with Crippen LogP contribution in [-0.2, 0) is 0 Å². The molecular weight excluding hydrogens is 192 g/mol. The number of nitrogens with one attached hydrogen (secondary N) is 1. The molecule has 1 aromatic rings. The highest BCUT2D eigenvalue weighted by atomic mass is 16.5. The van der Waals surface area contributed by atoms with Crippen LogP contribution in [0.3, 0.4) is 0 Å². The highest BCUT2D eigenvalue weighted by molar-refractivity contribution is 5.73. The van der Waals surface area contributed by atoms with Crippen molar-refractivity contribution in [3.63, 3.8) is 0 Å². The van der Waals surface area contributed by atoms with Crippen LogP contribution in [0.25, 0.3) is 0 Å². The maximum atomic E-state index is 5.22. The van der Waals surface area contributed by atoms with Gasteiger partial charge in [-0.1, -0.05) is 0 Å². The Kier molecular flexibility index (Phi) is 1.90. The van der Waals surface area contributed by atoms with E-state index in [1.54, 1.807) is 13.4 Å². The first-order chi connectivity index (χ1) is 7.40. The summed E-state index contributed by atoms with van der Waals surface area (Å²) in [6.07, 6.45) is 4.07. The predicted octanol–water partition coefficient (Wildman–Crippen LogP) is 0.879. The largest absolute Gasteiger partial charge is 0.479 e.